The van der Waals surface area contributed by atoms with Gasteiger partial charge in [-0.05, 0) is 44.0 Å². The number of nitrogens with one attached hydrogen (secondary N) is 1. The van der Waals surface area contributed by atoms with Crippen LogP contribution in [0, 0.1) is 5.92 Å². The molecule has 0 bridgehead atoms. The van der Waals surface area contributed by atoms with Gasteiger partial charge in [0.1, 0.15) is 0 Å². The Morgan fingerprint density at radius 3 is 2.17 bits per heavy atom. The van der Waals surface area contributed by atoms with Gasteiger partial charge in [-0.2, -0.15) is 4.31 Å². The van der Waals surface area contributed by atoms with Crippen molar-refractivity contribution in [3.63, 3.8) is 0 Å². The van der Waals surface area contributed by atoms with E-state index in [0.717, 1.165) is 11.4 Å². The first kappa shape index (κ1) is 22.0. The van der Waals surface area contributed by atoms with Crippen LogP contribution in [0.4, 0.5) is 11.4 Å². The van der Waals surface area contributed by atoms with Crippen LogP contribution in [0.5, 0.6) is 0 Å². The minimum absolute atomic E-state index is 0.0906. The predicted octanol–water partition coefficient (Wildman–Crippen LogP) is 2.99. The predicted molar refractivity (Wildman–Crippen MR) is 117 cm³/mol. The van der Waals surface area contributed by atoms with Crippen LogP contribution >= 0.6 is 0 Å². The number of nitrogens with zero attached hydrogens (tertiary/aromatic N) is 2. The highest BCUT2D eigenvalue weighted by Crippen LogP contribution is 2.28. The Morgan fingerprint density at radius 2 is 1.60 bits per heavy atom. The first-order chi connectivity index (χ1) is 14.2. The van der Waals surface area contributed by atoms with E-state index in [9.17, 15) is 18.0 Å². The molecule has 1 fully saturated rings. The number of carbonyl (C=O) groups is 2. The zero-order valence-electron chi connectivity index (χ0n) is 17.5. The molecule has 7 nitrogen and oxygen atoms in total. The first-order valence-corrected chi connectivity index (χ1v) is 11.3. The summed E-state index contributed by atoms with van der Waals surface area (Å²) < 4.78 is 27.2. The average Bonchev–Trinajstić information content (AvgIpc) is 2.74. The van der Waals surface area contributed by atoms with E-state index < -0.39 is 10.0 Å². The molecule has 0 aliphatic carbocycles. The van der Waals surface area contributed by atoms with Gasteiger partial charge in [0, 0.05) is 38.7 Å². The molecule has 1 N–H and O–H groups in total. The third-order valence-corrected chi connectivity index (χ3v) is 7.28. The van der Waals surface area contributed by atoms with E-state index in [1.54, 1.807) is 0 Å². The summed E-state index contributed by atoms with van der Waals surface area (Å²) in [6, 6.07) is 13.5. The molecule has 1 heterocycles. The smallest absolute Gasteiger partial charge is 0.243 e. The van der Waals surface area contributed by atoms with E-state index >= 15 is 0 Å². The van der Waals surface area contributed by atoms with E-state index in [-0.39, 0.29) is 35.6 Å². The number of hydrogen-bond donors (Lipinski definition) is 1. The summed E-state index contributed by atoms with van der Waals surface area (Å²) in [7, 11) is 0.181. The minimum atomic E-state index is -3.65. The lowest BCUT2D eigenvalue weighted by atomic mass is 9.97. The lowest BCUT2D eigenvalue weighted by Gasteiger charge is -2.31. The number of ketones is 1. The maximum absolute atomic E-state index is 12.9. The highest BCUT2D eigenvalue weighted by atomic mass is 32.2. The van der Waals surface area contributed by atoms with Gasteiger partial charge >= 0.3 is 0 Å². The standard InChI is InChI=1S/C22H27N3O4S/c1-16(26)17-8-10-19(11-9-17)30(28,29)25-14-12-18(13-15-25)22(27)23-20-6-4-5-7-21(20)24(2)3/h4-11,18H,12-15H2,1-3H3,(H,23,27). The summed E-state index contributed by atoms with van der Waals surface area (Å²) in [4.78, 5) is 26.2. The molecule has 0 spiro atoms. The van der Waals surface area contributed by atoms with Crippen LogP contribution in [-0.4, -0.2) is 51.6 Å². The molecule has 0 aromatic heterocycles. The molecule has 1 amide bonds. The van der Waals surface area contributed by atoms with Crippen molar-refractivity contribution < 1.29 is 18.0 Å². The van der Waals surface area contributed by atoms with Crippen molar-refractivity contribution >= 4 is 33.1 Å². The van der Waals surface area contributed by atoms with Gasteiger partial charge in [-0.15, -0.1) is 0 Å². The third-order valence-electron chi connectivity index (χ3n) is 5.37. The molecule has 8 heteroatoms. The van der Waals surface area contributed by atoms with Gasteiger partial charge in [-0.25, -0.2) is 8.42 Å². The molecule has 0 atom stereocenters. The van der Waals surface area contributed by atoms with E-state index in [1.165, 1.54) is 35.5 Å². The van der Waals surface area contributed by atoms with Gasteiger partial charge in [-0.3, -0.25) is 9.59 Å². The first-order valence-electron chi connectivity index (χ1n) is 9.88. The van der Waals surface area contributed by atoms with Gasteiger partial charge < -0.3 is 10.2 Å². The lowest BCUT2D eigenvalue weighted by molar-refractivity contribution is -0.120. The summed E-state index contributed by atoms with van der Waals surface area (Å²) >= 11 is 0. The topological polar surface area (TPSA) is 86.8 Å². The van der Waals surface area contributed by atoms with Crippen LogP contribution in [-0.2, 0) is 14.8 Å². The second kappa shape index (κ2) is 8.97. The molecule has 0 unspecified atom stereocenters. The Bertz CT molecular complexity index is 1020. The second-order valence-electron chi connectivity index (χ2n) is 7.66. The number of Topliss-reactive ketones (excluding diaryl/α,β-unsaturated/α-hetero) is 1. The highest BCUT2D eigenvalue weighted by Gasteiger charge is 2.32. The monoisotopic (exact) mass is 429 g/mol. The minimum Gasteiger partial charge on any atom is -0.376 e. The van der Waals surface area contributed by atoms with Crippen molar-refractivity contribution in [1.82, 2.24) is 4.31 Å². The van der Waals surface area contributed by atoms with Crippen molar-refractivity contribution in [2.24, 2.45) is 5.92 Å². The van der Waals surface area contributed by atoms with E-state index in [2.05, 4.69) is 5.32 Å². The van der Waals surface area contributed by atoms with Gasteiger partial charge in [0.25, 0.3) is 0 Å². The molecule has 3 rings (SSSR count). The molecule has 2 aromatic carbocycles. The fraction of sp³-hybridized carbons (Fsp3) is 0.364. The summed E-state index contributed by atoms with van der Waals surface area (Å²) in [5.41, 5.74) is 2.13. The van der Waals surface area contributed by atoms with Gasteiger partial charge in [0.2, 0.25) is 15.9 Å². The van der Waals surface area contributed by atoms with E-state index in [1.807, 2.05) is 43.3 Å². The quantitative estimate of drug-likeness (QED) is 0.714. The van der Waals surface area contributed by atoms with Crippen molar-refractivity contribution in [3.05, 3.63) is 54.1 Å². The number of anilines is 2. The lowest BCUT2D eigenvalue weighted by Crippen LogP contribution is -2.41. The number of amides is 1. The van der Waals surface area contributed by atoms with Crippen LogP contribution < -0.4 is 10.2 Å². The largest absolute Gasteiger partial charge is 0.376 e. The summed E-state index contributed by atoms with van der Waals surface area (Å²) in [6.07, 6.45) is 0.918. The van der Waals surface area contributed by atoms with Crippen molar-refractivity contribution in [2.75, 3.05) is 37.4 Å². The van der Waals surface area contributed by atoms with E-state index in [0.29, 0.717) is 18.4 Å². The number of para-hydroxylation sites is 2. The van der Waals surface area contributed by atoms with Gasteiger partial charge in [-0.1, -0.05) is 24.3 Å². The summed E-state index contributed by atoms with van der Waals surface area (Å²) in [5.74, 6) is -0.444. The van der Waals surface area contributed by atoms with Gasteiger partial charge in [0.05, 0.1) is 16.3 Å². The highest BCUT2D eigenvalue weighted by molar-refractivity contribution is 7.89. The van der Waals surface area contributed by atoms with Crippen LogP contribution in [0.1, 0.15) is 30.1 Å². The maximum atomic E-state index is 12.9. The van der Waals surface area contributed by atoms with Crippen LogP contribution in [0.3, 0.4) is 0 Å². The van der Waals surface area contributed by atoms with Crippen LogP contribution in [0.25, 0.3) is 0 Å². The Morgan fingerprint density at radius 1 is 1.00 bits per heavy atom. The fourth-order valence-corrected chi connectivity index (χ4v) is 5.04. The Balaban J connectivity index is 1.64. The number of benzene rings is 2. The fourth-order valence-electron chi connectivity index (χ4n) is 3.57. The Hall–Kier alpha value is -2.71. The molecule has 0 saturated carbocycles. The molecule has 1 aliphatic rings. The summed E-state index contributed by atoms with van der Waals surface area (Å²) in [5, 5.41) is 2.98. The number of rotatable bonds is 6. The van der Waals surface area contributed by atoms with Crippen molar-refractivity contribution in [3.8, 4) is 0 Å². The Labute approximate surface area is 177 Å². The normalized spacial score (nSPS) is 15.6. The molecular weight excluding hydrogens is 402 g/mol. The molecular formula is C22H27N3O4S. The molecule has 160 valence electrons. The SMILES string of the molecule is CC(=O)c1ccc(S(=O)(=O)N2CCC(C(=O)Nc3ccccc3N(C)C)CC2)cc1. The zero-order chi connectivity index (χ0) is 21.9. The number of carbonyl (C=O) groups excluding carboxylic acids is 2. The zero-order valence-corrected chi connectivity index (χ0v) is 18.3. The molecule has 0 radical (unpaired) electrons. The second-order valence-corrected chi connectivity index (χ2v) is 9.60. The van der Waals surface area contributed by atoms with Crippen LogP contribution in [0.2, 0.25) is 0 Å². The number of piperidine rings is 1. The third kappa shape index (κ3) is 4.71. The molecule has 2 aromatic rings. The average molecular weight is 430 g/mol. The molecule has 1 aliphatic heterocycles. The number of sulfonamides is 1. The van der Waals surface area contributed by atoms with Crippen LogP contribution in [0.15, 0.2) is 53.4 Å². The molecule has 1 saturated heterocycles. The van der Waals surface area contributed by atoms with E-state index in [4.69, 9.17) is 0 Å². The Kier molecular flexibility index (Phi) is 6.58. The van der Waals surface area contributed by atoms with Gasteiger partial charge in [0.15, 0.2) is 5.78 Å². The maximum Gasteiger partial charge on any atom is 0.243 e. The summed E-state index contributed by atoms with van der Waals surface area (Å²) in [6.45, 7) is 2.00. The molecule has 30 heavy (non-hydrogen) atoms. The van der Waals surface area contributed by atoms with Crippen molar-refractivity contribution in [2.45, 2.75) is 24.7 Å². The van der Waals surface area contributed by atoms with Crippen molar-refractivity contribution in [1.29, 1.82) is 0 Å². The number of hydrogen-bond acceptors (Lipinski definition) is 5.